The highest BCUT2D eigenvalue weighted by molar-refractivity contribution is 5.81. The molecule has 1 fully saturated rings. The first-order valence-electron chi connectivity index (χ1n) is 10.9. The number of benzene rings is 2. The van der Waals surface area contributed by atoms with Crippen molar-refractivity contribution in [2.45, 2.75) is 44.9 Å². The van der Waals surface area contributed by atoms with Gasteiger partial charge in [-0.25, -0.2) is 4.98 Å². The van der Waals surface area contributed by atoms with E-state index in [4.69, 9.17) is 19.2 Å². The molecule has 0 bridgehead atoms. The Morgan fingerprint density at radius 2 is 1.97 bits per heavy atom. The van der Waals surface area contributed by atoms with Gasteiger partial charge in [0.25, 0.3) is 0 Å². The van der Waals surface area contributed by atoms with Gasteiger partial charge in [-0.3, -0.25) is 4.79 Å². The average Bonchev–Trinajstić information content (AvgIpc) is 3.46. The zero-order valence-electron chi connectivity index (χ0n) is 17.9. The fourth-order valence-corrected chi connectivity index (χ4v) is 3.87. The van der Waals surface area contributed by atoms with Crippen molar-refractivity contribution in [3.8, 4) is 11.5 Å². The molecule has 7 nitrogen and oxygen atoms in total. The van der Waals surface area contributed by atoms with Crippen LogP contribution in [0.3, 0.4) is 0 Å². The Hall–Kier alpha value is -3.06. The molecule has 7 heteroatoms. The van der Waals surface area contributed by atoms with Gasteiger partial charge in [0, 0.05) is 13.2 Å². The molecule has 1 amide bonds. The number of amides is 1. The summed E-state index contributed by atoms with van der Waals surface area (Å²) in [5.41, 5.74) is 2.02. The van der Waals surface area contributed by atoms with Gasteiger partial charge in [-0.15, -0.1) is 0 Å². The Labute approximate surface area is 182 Å². The summed E-state index contributed by atoms with van der Waals surface area (Å²) in [5, 5.41) is 2.99. The Morgan fingerprint density at radius 1 is 1.16 bits per heavy atom. The smallest absolute Gasteiger partial charge is 0.249 e. The third-order valence-corrected chi connectivity index (χ3v) is 5.48. The SMILES string of the molecule is COc1ccccc1OCCCCn1c(CNC(=O)C2CCCO2)nc2ccccc21. The van der Waals surface area contributed by atoms with E-state index in [0.29, 0.717) is 19.8 Å². The largest absolute Gasteiger partial charge is 0.493 e. The van der Waals surface area contributed by atoms with Gasteiger partial charge in [0.05, 0.1) is 31.3 Å². The van der Waals surface area contributed by atoms with Crippen LogP contribution in [0, 0.1) is 0 Å². The molecule has 2 aromatic carbocycles. The molecule has 0 aliphatic carbocycles. The summed E-state index contributed by atoms with van der Waals surface area (Å²) in [4.78, 5) is 17.1. The number of carbonyl (C=O) groups excluding carboxylic acids is 1. The molecule has 164 valence electrons. The summed E-state index contributed by atoms with van der Waals surface area (Å²) < 4.78 is 18.9. The number of fused-ring (bicyclic) bond motifs is 1. The van der Waals surface area contributed by atoms with Gasteiger partial charge >= 0.3 is 0 Å². The zero-order valence-corrected chi connectivity index (χ0v) is 17.9. The summed E-state index contributed by atoms with van der Waals surface area (Å²) in [7, 11) is 1.64. The zero-order chi connectivity index (χ0) is 21.5. The average molecular weight is 424 g/mol. The number of hydrogen-bond acceptors (Lipinski definition) is 5. The van der Waals surface area contributed by atoms with E-state index >= 15 is 0 Å². The van der Waals surface area contributed by atoms with Crippen LogP contribution < -0.4 is 14.8 Å². The van der Waals surface area contributed by atoms with E-state index in [1.807, 2.05) is 42.5 Å². The van der Waals surface area contributed by atoms with E-state index in [1.165, 1.54) is 0 Å². The lowest BCUT2D eigenvalue weighted by atomic mass is 10.2. The highest BCUT2D eigenvalue weighted by Crippen LogP contribution is 2.26. The fraction of sp³-hybridized carbons (Fsp3) is 0.417. The highest BCUT2D eigenvalue weighted by atomic mass is 16.5. The minimum Gasteiger partial charge on any atom is -0.493 e. The van der Waals surface area contributed by atoms with Gasteiger partial charge in [0.1, 0.15) is 11.9 Å². The molecule has 1 N–H and O–H groups in total. The summed E-state index contributed by atoms with van der Waals surface area (Å²) in [6.45, 7) is 2.47. The molecule has 1 aliphatic heterocycles. The van der Waals surface area contributed by atoms with E-state index in [9.17, 15) is 4.79 Å². The van der Waals surface area contributed by atoms with Crippen LogP contribution in [-0.2, 0) is 22.6 Å². The van der Waals surface area contributed by atoms with Gasteiger partial charge < -0.3 is 24.1 Å². The number of para-hydroxylation sites is 4. The van der Waals surface area contributed by atoms with Crippen molar-refractivity contribution in [3.63, 3.8) is 0 Å². The number of methoxy groups -OCH3 is 1. The maximum absolute atomic E-state index is 12.3. The van der Waals surface area contributed by atoms with Gasteiger partial charge in [0.2, 0.25) is 5.91 Å². The molecule has 1 unspecified atom stereocenters. The summed E-state index contributed by atoms with van der Waals surface area (Å²) in [6, 6.07) is 15.7. The van der Waals surface area contributed by atoms with Crippen molar-refractivity contribution in [1.82, 2.24) is 14.9 Å². The third-order valence-electron chi connectivity index (χ3n) is 5.48. The van der Waals surface area contributed by atoms with Crippen LogP contribution in [-0.4, -0.2) is 41.9 Å². The molecule has 1 atom stereocenters. The van der Waals surface area contributed by atoms with Crippen molar-refractivity contribution in [1.29, 1.82) is 0 Å². The number of hydrogen-bond donors (Lipinski definition) is 1. The first kappa shape index (κ1) is 21.2. The van der Waals surface area contributed by atoms with Gasteiger partial charge in [-0.2, -0.15) is 0 Å². The van der Waals surface area contributed by atoms with Crippen molar-refractivity contribution in [2.75, 3.05) is 20.3 Å². The Morgan fingerprint density at radius 3 is 2.77 bits per heavy atom. The second-order valence-electron chi connectivity index (χ2n) is 7.59. The predicted octanol–water partition coefficient (Wildman–Crippen LogP) is 3.70. The monoisotopic (exact) mass is 423 g/mol. The number of rotatable bonds is 10. The van der Waals surface area contributed by atoms with Crippen LogP contribution in [0.2, 0.25) is 0 Å². The van der Waals surface area contributed by atoms with Crippen LogP contribution in [0.25, 0.3) is 11.0 Å². The van der Waals surface area contributed by atoms with Gasteiger partial charge in [-0.1, -0.05) is 24.3 Å². The van der Waals surface area contributed by atoms with Crippen LogP contribution in [0.4, 0.5) is 0 Å². The lowest BCUT2D eigenvalue weighted by molar-refractivity contribution is -0.130. The van der Waals surface area contributed by atoms with Crippen molar-refractivity contribution >= 4 is 16.9 Å². The first-order valence-corrected chi connectivity index (χ1v) is 10.9. The molecule has 0 spiro atoms. The normalized spacial score (nSPS) is 15.8. The summed E-state index contributed by atoms with van der Waals surface area (Å²) in [5.74, 6) is 2.31. The second kappa shape index (κ2) is 10.3. The van der Waals surface area contributed by atoms with E-state index in [0.717, 1.165) is 60.6 Å². The molecule has 31 heavy (non-hydrogen) atoms. The number of nitrogens with zero attached hydrogens (tertiary/aromatic N) is 2. The Bertz CT molecular complexity index is 1010. The summed E-state index contributed by atoms with van der Waals surface area (Å²) >= 11 is 0. The van der Waals surface area contributed by atoms with Crippen LogP contribution in [0.1, 0.15) is 31.5 Å². The number of aromatic nitrogens is 2. The van der Waals surface area contributed by atoms with Crippen molar-refractivity contribution in [3.05, 3.63) is 54.4 Å². The molecular weight excluding hydrogens is 394 g/mol. The molecule has 1 aromatic heterocycles. The number of imidazole rings is 1. The number of aryl methyl sites for hydroxylation is 1. The molecular formula is C24H29N3O4. The van der Waals surface area contributed by atoms with E-state index < -0.39 is 0 Å². The minimum absolute atomic E-state index is 0.0543. The quantitative estimate of drug-likeness (QED) is 0.504. The van der Waals surface area contributed by atoms with Gasteiger partial charge in [0.15, 0.2) is 11.5 Å². The predicted molar refractivity (Wildman–Crippen MR) is 118 cm³/mol. The van der Waals surface area contributed by atoms with Crippen LogP contribution in [0.5, 0.6) is 11.5 Å². The van der Waals surface area contributed by atoms with Crippen LogP contribution in [0.15, 0.2) is 48.5 Å². The number of carbonyl (C=O) groups is 1. The van der Waals surface area contributed by atoms with E-state index in [1.54, 1.807) is 7.11 Å². The van der Waals surface area contributed by atoms with Crippen LogP contribution >= 0.6 is 0 Å². The molecule has 0 saturated carbocycles. The second-order valence-corrected chi connectivity index (χ2v) is 7.59. The standard InChI is InChI=1S/C24H29N3O4/c1-29-20-11-4-5-12-21(20)30-15-7-6-14-27-19-10-3-2-9-18(19)26-23(27)17-25-24(28)22-13-8-16-31-22/h2-5,9-12,22H,6-8,13-17H2,1H3,(H,25,28). The van der Waals surface area contributed by atoms with E-state index in [-0.39, 0.29) is 12.0 Å². The fourth-order valence-electron chi connectivity index (χ4n) is 3.87. The molecule has 2 heterocycles. The molecule has 0 radical (unpaired) electrons. The highest BCUT2D eigenvalue weighted by Gasteiger charge is 2.23. The molecule has 4 rings (SSSR count). The topological polar surface area (TPSA) is 74.6 Å². The Kier molecular flexibility index (Phi) is 7.04. The number of unbranched alkanes of at least 4 members (excludes halogenated alkanes) is 1. The number of nitrogens with one attached hydrogen (secondary N) is 1. The lowest BCUT2D eigenvalue weighted by Crippen LogP contribution is -2.34. The maximum Gasteiger partial charge on any atom is 0.249 e. The molecule has 1 aliphatic rings. The molecule has 1 saturated heterocycles. The third kappa shape index (κ3) is 5.17. The maximum atomic E-state index is 12.3. The van der Waals surface area contributed by atoms with Crippen molar-refractivity contribution in [2.24, 2.45) is 0 Å². The lowest BCUT2D eigenvalue weighted by Gasteiger charge is -2.13. The summed E-state index contributed by atoms with van der Waals surface area (Å²) in [6.07, 6.45) is 3.22. The van der Waals surface area contributed by atoms with E-state index in [2.05, 4.69) is 16.0 Å². The van der Waals surface area contributed by atoms with Crippen molar-refractivity contribution < 1.29 is 19.0 Å². The molecule has 3 aromatic rings. The minimum atomic E-state index is -0.329. The Balaban J connectivity index is 1.34. The first-order chi connectivity index (χ1) is 15.3. The van der Waals surface area contributed by atoms with Gasteiger partial charge in [-0.05, 0) is 49.9 Å². The number of ether oxygens (including phenoxy) is 3.